The van der Waals surface area contributed by atoms with E-state index in [1.54, 1.807) is 22.2 Å². The number of fused-ring (bicyclic) bond motifs is 1. The first-order valence-corrected chi connectivity index (χ1v) is 8.29. The van der Waals surface area contributed by atoms with Crippen molar-refractivity contribution in [2.24, 2.45) is 0 Å². The molecule has 22 heavy (non-hydrogen) atoms. The first-order chi connectivity index (χ1) is 10.6. The third-order valence-electron chi connectivity index (χ3n) is 3.73. The van der Waals surface area contributed by atoms with E-state index in [-0.39, 0.29) is 0 Å². The number of anilines is 1. The molecule has 0 bridgehead atoms. The fraction of sp³-hybridized carbons (Fsp3) is 0.467. The van der Waals surface area contributed by atoms with Crippen molar-refractivity contribution >= 4 is 22.7 Å². The van der Waals surface area contributed by atoms with Crippen molar-refractivity contribution in [3.63, 3.8) is 0 Å². The maximum absolute atomic E-state index is 4.67. The molecule has 3 rings (SSSR count). The quantitative estimate of drug-likeness (QED) is 0.784. The lowest BCUT2D eigenvalue weighted by atomic mass is 10.2. The van der Waals surface area contributed by atoms with Crippen LogP contribution in [0.2, 0.25) is 0 Å². The van der Waals surface area contributed by atoms with Crippen LogP contribution in [0, 0.1) is 13.8 Å². The molecule has 116 valence electrons. The molecular formula is C15H20N6S. The van der Waals surface area contributed by atoms with Crippen LogP contribution in [-0.2, 0) is 6.42 Å². The average molecular weight is 316 g/mol. The van der Waals surface area contributed by atoms with E-state index < -0.39 is 0 Å². The Kier molecular flexibility index (Phi) is 4.06. The van der Waals surface area contributed by atoms with E-state index >= 15 is 0 Å². The van der Waals surface area contributed by atoms with Crippen LogP contribution in [0.25, 0.3) is 5.65 Å². The number of aryl methyl sites for hydroxylation is 1. The van der Waals surface area contributed by atoms with Gasteiger partial charge in [0.15, 0.2) is 0 Å². The van der Waals surface area contributed by atoms with Crippen molar-refractivity contribution < 1.29 is 0 Å². The van der Waals surface area contributed by atoms with Crippen molar-refractivity contribution in [2.75, 3.05) is 11.9 Å². The number of aromatic nitrogens is 5. The molecule has 0 aromatic carbocycles. The lowest BCUT2D eigenvalue weighted by Crippen LogP contribution is -2.10. The average Bonchev–Trinajstić information content (AvgIpc) is 3.11. The van der Waals surface area contributed by atoms with Crippen LogP contribution in [0.4, 0.5) is 5.69 Å². The molecule has 0 amide bonds. The summed E-state index contributed by atoms with van der Waals surface area (Å²) in [6.45, 7) is 9.21. The van der Waals surface area contributed by atoms with Crippen LogP contribution in [-0.4, -0.2) is 31.3 Å². The fourth-order valence-corrected chi connectivity index (χ4v) is 3.22. The van der Waals surface area contributed by atoms with E-state index in [0.29, 0.717) is 5.92 Å². The predicted molar refractivity (Wildman–Crippen MR) is 88.7 cm³/mol. The van der Waals surface area contributed by atoms with Crippen LogP contribution in [0.5, 0.6) is 0 Å². The molecule has 6 nitrogen and oxygen atoms in total. The molecule has 0 fully saturated rings. The maximum atomic E-state index is 4.67. The van der Waals surface area contributed by atoms with Crippen molar-refractivity contribution in [1.82, 2.24) is 24.8 Å². The van der Waals surface area contributed by atoms with Gasteiger partial charge in [-0.3, -0.25) is 0 Å². The Morgan fingerprint density at radius 3 is 2.86 bits per heavy atom. The highest BCUT2D eigenvalue weighted by Gasteiger charge is 2.11. The number of hydrogen-bond donors (Lipinski definition) is 1. The molecular weight excluding hydrogens is 296 g/mol. The topological polar surface area (TPSA) is 68.0 Å². The maximum Gasteiger partial charge on any atom is 0.200 e. The smallest absolute Gasteiger partial charge is 0.200 e. The molecule has 0 aliphatic rings. The SMILES string of the molecule is Cc1nn2cnnc2c(NCCc2nc(C(C)C)cs2)c1C. The highest BCUT2D eigenvalue weighted by molar-refractivity contribution is 7.09. The van der Waals surface area contributed by atoms with Gasteiger partial charge in [-0.1, -0.05) is 13.8 Å². The zero-order valence-corrected chi connectivity index (χ0v) is 14.1. The summed E-state index contributed by atoms with van der Waals surface area (Å²) in [7, 11) is 0. The van der Waals surface area contributed by atoms with Gasteiger partial charge in [-0.15, -0.1) is 21.5 Å². The Morgan fingerprint density at radius 2 is 2.14 bits per heavy atom. The number of rotatable bonds is 5. The first kappa shape index (κ1) is 14.9. The summed E-state index contributed by atoms with van der Waals surface area (Å²) in [5, 5.41) is 19.3. The van der Waals surface area contributed by atoms with Crippen molar-refractivity contribution in [1.29, 1.82) is 0 Å². The Balaban J connectivity index is 1.73. The Morgan fingerprint density at radius 1 is 1.32 bits per heavy atom. The van der Waals surface area contributed by atoms with Gasteiger partial charge in [0.1, 0.15) is 6.33 Å². The van der Waals surface area contributed by atoms with Crippen LogP contribution < -0.4 is 5.32 Å². The number of hydrogen-bond acceptors (Lipinski definition) is 6. The Labute approximate surface area is 133 Å². The Hall–Kier alpha value is -2.02. The lowest BCUT2D eigenvalue weighted by molar-refractivity contribution is 0.820. The molecule has 0 spiro atoms. The van der Waals surface area contributed by atoms with Gasteiger partial charge in [0.25, 0.3) is 0 Å². The van der Waals surface area contributed by atoms with Gasteiger partial charge < -0.3 is 5.32 Å². The zero-order chi connectivity index (χ0) is 15.7. The van der Waals surface area contributed by atoms with Gasteiger partial charge >= 0.3 is 0 Å². The molecule has 7 heteroatoms. The normalized spacial score (nSPS) is 11.5. The van der Waals surface area contributed by atoms with E-state index in [1.165, 1.54) is 5.69 Å². The van der Waals surface area contributed by atoms with Gasteiger partial charge in [-0.2, -0.15) is 9.61 Å². The highest BCUT2D eigenvalue weighted by atomic mass is 32.1. The van der Waals surface area contributed by atoms with Crippen molar-refractivity contribution in [2.45, 2.75) is 40.0 Å². The molecule has 0 unspecified atom stereocenters. The summed E-state index contributed by atoms with van der Waals surface area (Å²) in [6, 6.07) is 0. The van der Waals surface area contributed by atoms with E-state index in [9.17, 15) is 0 Å². The van der Waals surface area contributed by atoms with Crippen LogP contribution in [0.1, 0.15) is 41.7 Å². The molecule has 0 saturated carbocycles. The minimum absolute atomic E-state index is 0.485. The second kappa shape index (κ2) is 6.00. The minimum atomic E-state index is 0.485. The second-order valence-electron chi connectivity index (χ2n) is 5.68. The lowest BCUT2D eigenvalue weighted by Gasteiger charge is -2.11. The van der Waals surface area contributed by atoms with E-state index in [1.807, 2.05) is 6.92 Å². The van der Waals surface area contributed by atoms with Crippen LogP contribution >= 0.6 is 11.3 Å². The molecule has 0 saturated heterocycles. The summed E-state index contributed by atoms with van der Waals surface area (Å²) >= 11 is 1.73. The molecule has 3 aromatic heterocycles. The Bertz CT molecular complexity index is 789. The van der Waals surface area contributed by atoms with Crippen molar-refractivity contribution in [3.05, 3.63) is 33.7 Å². The van der Waals surface area contributed by atoms with E-state index in [4.69, 9.17) is 0 Å². The number of nitrogens with one attached hydrogen (secondary N) is 1. The number of nitrogens with zero attached hydrogens (tertiary/aromatic N) is 5. The fourth-order valence-electron chi connectivity index (χ4n) is 2.26. The molecule has 0 atom stereocenters. The zero-order valence-electron chi connectivity index (χ0n) is 13.3. The number of thiazole rings is 1. The predicted octanol–water partition coefficient (Wildman–Crippen LogP) is 2.98. The molecule has 3 aromatic rings. The standard InChI is InChI=1S/C15H20N6S/c1-9(2)12-7-22-13(18-12)5-6-16-14-10(3)11(4)20-21-8-17-19-15(14)21/h7-9,16H,5-6H2,1-4H3. The monoisotopic (exact) mass is 316 g/mol. The van der Waals surface area contributed by atoms with Gasteiger partial charge in [0, 0.05) is 18.3 Å². The highest BCUT2D eigenvalue weighted by Crippen LogP contribution is 2.22. The molecule has 0 aliphatic heterocycles. The summed E-state index contributed by atoms with van der Waals surface area (Å²) < 4.78 is 1.71. The third kappa shape index (κ3) is 2.81. The van der Waals surface area contributed by atoms with Crippen molar-refractivity contribution in [3.8, 4) is 0 Å². The van der Waals surface area contributed by atoms with Crippen LogP contribution in [0.3, 0.4) is 0 Å². The van der Waals surface area contributed by atoms with Gasteiger partial charge in [-0.05, 0) is 25.3 Å². The molecule has 0 radical (unpaired) electrons. The van der Waals surface area contributed by atoms with Gasteiger partial charge in [-0.25, -0.2) is 4.98 Å². The first-order valence-electron chi connectivity index (χ1n) is 7.41. The molecule has 0 aliphatic carbocycles. The third-order valence-corrected chi connectivity index (χ3v) is 4.66. The molecule has 1 N–H and O–H groups in total. The molecule has 3 heterocycles. The van der Waals surface area contributed by atoms with E-state index in [2.05, 4.69) is 51.7 Å². The summed E-state index contributed by atoms with van der Waals surface area (Å²) in [4.78, 5) is 4.67. The van der Waals surface area contributed by atoms with Crippen LogP contribution in [0.15, 0.2) is 11.7 Å². The second-order valence-corrected chi connectivity index (χ2v) is 6.62. The van der Waals surface area contributed by atoms with Gasteiger partial charge in [0.2, 0.25) is 5.65 Å². The summed E-state index contributed by atoms with van der Waals surface area (Å²) in [6.07, 6.45) is 2.53. The van der Waals surface area contributed by atoms with Gasteiger partial charge in [0.05, 0.1) is 22.1 Å². The summed E-state index contributed by atoms with van der Waals surface area (Å²) in [5.41, 5.74) is 5.04. The van der Waals surface area contributed by atoms with E-state index in [0.717, 1.165) is 40.6 Å². The minimum Gasteiger partial charge on any atom is -0.381 e. The summed E-state index contributed by atoms with van der Waals surface area (Å²) in [5.74, 6) is 0.485. The largest absolute Gasteiger partial charge is 0.381 e.